The van der Waals surface area contributed by atoms with Gasteiger partial charge in [-0.15, -0.1) is 0 Å². The minimum Gasteiger partial charge on any atom is -0.429 e. The molecule has 0 atom stereocenters. The molecule has 3 aromatic rings. The van der Waals surface area contributed by atoms with E-state index in [0.717, 1.165) is 30.5 Å². The Bertz CT molecular complexity index is 1200. The minimum atomic E-state index is -3.34. The van der Waals surface area contributed by atoms with E-state index in [1.807, 2.05) is 6.07 Å². The van der Waals surface area contributed by atoms with Gasteiger partial charge in [-0.3, -0.25) is 0 Å². The van der Waals surface area contributed by atoms with Crippen LogP contribution in [0.1, 0.15) is 62.0 Å². The zero-order chi connectivity index (χ0) is 27.8. The topological polar surface area (TPSA) is 36.9 Å². The fourth-order valence-corrected chi connectivity index (χ4v) is 4.66. The Morgan fingerprint density at radius 2 is 1.59 bits per heavy atom. The summed E-state index contributed by atoms with van der Waals surface area (Å²) in [5.74, 6) is -4.03. The summed E-state index contributed by atoms with van der Waals surface area (Å²) in [6.45, 7) is 0.364. The highest BCUT2D eigenvalue weighted by Crippen LogP contribution is 2.30. The quantitative estimate of drug-likeness (QED) is 0.159. The predicted octanol–water partition coefficient (Wildman–Crippen LogP) is 8.04. The second-order valence-corrected chi connectivity index (χ2v) is 9.69. The Morgan fingerprint density at radius 3 is 2.28 bits per heavy atom. The zero-order valence-corrected chi connectivity index (χ0v) is 21.9. The molecule has 0 aromatic heterocycles. The highest BCUT2D eigenvalue weighted by atomic mass is 19.3. The van der Waals surface area contributed by atoms with Crippen molar-refractivity contribution in [2.75, 3.05) is 19.8 Å². The van der Waals surface area contributed by atoms with Gasteiger partial charge in [0.2, 0.25) is 0 Å². The van der Waals surface area contributed by atoms with Gasteiger partial charge in [-0.2, -0.15) is 8.78 Å². The second kappa shape index (κ2) is 14.1. The van der Waals surface area contributed by atoms with Gasteiger partial charge < -0.3 is 18.9 Å². The molecule has 1 aliphatic rings. The summed E-state index contributed by atoms with van der Waals surface area (Å²) in [7, 11) is 0. The van der Waals surface area contributed by atoms with E-state index in [-0.39, 0.29) is 24.5 Å². The van der Waals surface area contributed by atoms with Crippen molar-refractivity contribution in [3.05, 3.63) is 76.6 Å². The molecule has 9 heteroatoms. The molecule has 0 aliphatic carbocycles. The third kappa shape index (κ3) is 7.90. The minimum absolute atomic E-state index is 0.106. The fraction of sp³-hybridized carbons (Fsp3) is 0.467. The van der Waals surface area contributed by atoms with Gasteiger partial charge in [0.15, 0.2) is 23.7 Å². The molecule has 0 N–H and O–H groups in total. The molecule has 0 radical (unpaired) electrons. The first-order valence-corrected chi connectivity index (χ1v) is 13.3. The molecule has 1 saturated heterocycles. The van der Waals surface area contributed by atoms with E-state index < -0.39 is 36.1 Å². The molecular weight excluding hydrogens is 519 g/mol. The zero-order valence-electron chi connectivity index (χ0n) is 21.9. The normalized spacial score (nSPS) is 17.7. The lowest BCUT2D eigenvalue weighted by molar-refractivity contribution is -0.230. The van der Waals surface area contributed by atoms with Gasteiger partial charge in [-0.05, 0) is 54.0 Å². The number of unbranched alkanes of at least 4 members (excludes halogenated alkanes) is 4. The summed E-state index contributed by atoms with van der Waals surface area (Å²) >= 11 is 0. The van der Waals surface area contributed by atoms with Gasteiger partial charge in [0.05, 0.1) is 13.2 Å². The first-order valence-electron chi connectivity index (χ1n) is 13.3. The molecule has 0 amide bonds. The average Bonchev–Trinajstić information content (AvgIpc) is 2.92. The molecule has 4 rings (SSSR count). The Labute approximate surface area is 225 Å². The van der Waals surface area contributed by atoms with Gasteiger partial charge in [0.25, 0.3) is 0 Å². The van der Waals surface area contributed by atoms with E-state index in [9.17, 15) is 17.6 Å². The predicted molar refractivity (Wildman–Crippen MR) is 137 cm³/mol. The lowest BCUT2D eigenvalue weighted by Gasteiger charge is -2.29. The molecule has 39 heavy (non-hydrogen) atoms. The van der Waals surface area contributed by atoms with Gasteiger partial charge in [-0.25, -0.2) is 13.2 Å². The van der Waals surface area contributed by atoms with Crippen molar-refractivity contribution in [1.82, 2.24) is 0 Å². The molecule has 1 fully saturated rings. The van der Waals surface area contributed by atoms with Gasteiger partial charge >= 0.3 is 6.61 Å². The lowest BCUT2D eigenvalue weighted by atomic mass is 9.98. The number of fused-ring (bicyclic) bond motifs is 1. The first kappa shape index (κ1) is 29.2. The van der Waals surface area contributed by atoms with Crippen molar-refractivity contribution >= 4 is 10.8 Å². The van der Waals surface area contributed by atoms with E-state index in [0.29, 0.717) is 36.2 Å². The number of benzene rings is 3. The summed E-state index contributed by atoms with van der Waals surface area (Å²) in [6.07, 6.45) is 5.44. The van der Waals surface area contributed by atoms with Crippen molar-refractivity contribution in [1.29, 1.82) is 0 Å². The number of aryl methyl sites for hydroxylation is 2. The third-order valence-corrected chi connectivity index (χ3v) is 6.75. The molecule has 212 valence electrons. The number of hydrogen-bond acceptors (Lipinski definition) is 4. The maximum atomic E-state index is 15.2. The Hall–Kier alpha value is -2.75. The van der Waals surface area contributed by atoms with Crippen LogP contribution in [0.2, 0.25) is 0 Å². The van der Waals surface area contributed by atoms with E-state index in [2.05, 4.69) is 11.7 Å². The standard InChI is InChI=1S/C30H33F5O4/c1-2-3-4-5-6-13-36-23-17-37-29(38-18-23)22-11-12-24-21(16-22)10-9-20(27(24)33)8-7-19-14-25(31)28(26(32)15-19)39-30(34)35/h9-12,14-16,23,29-30H,2-8,13,17-18H2,1H3. The van der Waals surface area contributed by atoms with E-state index in [1.54, 1.807) is 24.3 Å². The Balaban J connectivity index is 1.33. The second-order valence-electron chi connectivity index (χ2n) is 9.69. The van der Waals surface area contributed by atoms with Crippen LogP contribution in [0.3, 0.4) is 0 Å². The van der Waals surface area contributed by atoms with Crippen LogP contribution in [0.15, 0.2) is 42.5 Å². The van der Waals surface area contributed by atoms with Gasteiger partial charge in [0.1, 0.15) is 11.9 Å². The molecule has 1 heterocycles. The summed E-state index contributed by atoms with van der Waals surface area (Å²) in [5.41, 5.74) is 1.33. The third-order valence-electron chi connectivity index (χ3n) is 6.75. The molecule has 4 nitrogen and oxygen atoms in total. The van der Waals surface area contributed by atoms with Crippen molar-refractivity contribution in [2.45, 2.75) is 70.9 Å². The number of hydrogen-bond donors (Lipinski definition) is 0. The summed E-state index contributed by atoms with van der Waals surface area (Å²) in [4.78, 5) is 0. The Kier molecular flexibility index (Phi) is 10.5. The maximum absolute atomic E-state index is 15.2. The molecule has 3 aromatic carbocycles. The number of halogens is 5. The maximum Gasteiger partial charge on any atom is 0.387 e. The van der Waals surface area contributed by atoms with Crippen molar-refractivity contribution in [3.8, 4) is 5.75 Å². The monoisotopic (exact) mass is 552 g/mol. The fourth-order valence-electron chi connectivity index (χ4n) is 4.66. The molecule has 0 unspecified atom stereocenters. The first-order chi connectivity index (χ1) is 18.9. The summed E-state index contributed by atoms with van der Waals surface area (Å²) in [6, 6.07) is 10.4. The van der Waals surface area contributed by atoms with Crippen LogP contribution >= 0.6 is 0 Å². The SMILES string of the molecule is CCCCCCCOC1COC(c2ccc3c(F)c(CCc4cc(F)c(OC(F)F)c(F)c4)ccc3c2)OC1. The molecular formula is C30H33F5O4. The lowest BCUT2D eigenvalue weighted by Crippen LogP contribution is -2.33. The van der Waals surface area contributed by atoms with Crippen LogP contribution in [-0.4, -0.2) is 32.5 Å². The molecule has 0 spiro atoms. The number of rotatable bonds is 13. The summed E-state index contributed by atoms with van der Waals surface area (Å²) in [5, 5.41) is 1.06. The molecule has 0 saturated carbocycles. The largest absolute Gasteiger partial charge is 0.429 e. The van der Waals surface area contributed by atoms with Crippen LogP contribution < -0.4 is 4.74 Å². The van der Waals surface area contributed by atoms with Crippen molar-refractivity contribution < 1.29 is 40.9 Å². The van der Waals surface area contributed by atoms with Crippen LogP contribution in [0, 0.1) is 17.5 Å². The smallest absolute Gasteiger partial charge is 0.387 e. The van der Waals surface area contributed by atoms with Crippen LogP contribution in [-0.2, 0) is 27.1 Å². The average molecular weight is 553 g/mol. The van der Waals surface area contributed by atoms with Crippen molar-refractivity contribution in [2.24, 2.45) is 0 Å². The highest BCUT2D eigenvalue weighted by molar-refractivity contribution is 5.84. The molecule has 1 aliphatic heterocycles. The van der Waals surface area contributed by atoms with Crippen LogP contribution in [0.5, 0.6) is 5.75 Å². The van der Waals surface area contributed by atoms with Crippen LogP contribution in [0.4, 0.5) is 22.0 Å². The van der Waals surface area contributed by atoms with E-state index in [4.69, 9.17) is 14.2 Å². The summed E-state index contributed by atoms with van der Waals surface area (Å²) < 4.78 is 89.4. The molecule has 0 bridgehead atoms. The van der Waals surface area contributed by atoms with Gasteiger partial charge in [0, 0.05) is 17.6 Å². The Morgan fingerprint density at radius 1 is 0.872 bits per heavy atom. The number of ether oxygens (including phenoxy) is 4. The van der Waals surface area contributed by atoms with Crippen LogP contribution in [0.25, 0.3) is 10.8 Å². The van der Waals surface area contributed by atoms with E-state index >= 15 is 4.39 Å². The number of alkyl halides is 2. The van der Waals surface area contributed by atoms with Crippen molar-refractivity contribution in [3.63, 3.8) is 0 Å². The highest BCUT2D eigenvalue weighted by Gasteiger charge is 2.24. The van der Waals surface area contributed by atoms with Gasteiger partial charge in [-0.1, -0.05) is 56.9 Å². The van der Waals surface area contributed by atoms with E-state index in [1.165, 1.54) is 19.3 Å².